The average Bonchev–Trinajstić information content (AvgIpc) is 3.13. The van der Waals surface area contributed by atoms with Crippen molar-refractivity contribution in [1.29, 1.82) is 0 Å². The van der Waals surface area contributed by atoms with Gasteiger partial charge in [-0.1, -0.05) is 50.2 Å². The number of likely N-dealkylation sites (tertiary alicyclic amines) is 1. The predicted molar refractivity (Wildman–Crippen MR) is 111 cm³/mol. The normalized spacial score (nSPS) is 25.9. The van der Waals surface area contributed by atoms with Crippen molar-refractivity contribution in [2.75, 3.05) is 12.3 Å². The number of nitrogens with zero attached hydrogens (tertiary/aromatic N) is 5. The maximum atomic E-state index is 13.0. The molecule has 0 radical (unpaired) electrons. The molecule has 2 heterocycles. The van der Waals surface area contributed by atoms with Crippen molar-refractivity contribution in [2.45, 2.75) is 65.1 Å². The summed E-state index contributed by atoms with van der Waals surface area (Å²) in [7, 11) is 0. The quantitative estimate of drug-likeness (QED) is 0.732. The highest BCUT2D eigenvalue weighted by Gasteiger charge is 2.50. The second kappa shape index (κ2) is 6.87. The Morgan fingerprint density at radius 2 is 2.04 bits per heavy atom. The summed E-state index contributed by atoms with van der Waals surface area (Å²) in [4.78, 5) is 15.1. The van der Waals surface area contributed by atoms with E-state index in [0.717, 1.165) is 30.6 Å². The molecule has 1 saturated heterocycles. The van der Waals surface area contributed by atoms with Crippen LogP contribution in [0.2, 0.25) is 0 Å². The molecule has 1 amide bonds. The third kappa shape index (κ3) is 3.69. The van der Waals surface area contributed by atoms with Crippen molar-refractivity contribution in [3.8, 4) is 5.69 Å². The third-order valence-corrected chi connectivity index (χ3v) is 6.99. The molecule has 0 spiro atoms. The number of amides is 1. The fourth-order valence-corrected chi connectivity index (χ4v) is 6.19. The van der Waals surface area contributed by atoms with Crippen LogP contribution in [0.15, 0.2) is 23.4 Å². The summed E-state index contributed by atoms with van der Waals surface area (Å²) >= 11 is 1.43. The van der Waals surface area contributed by atoms with E-state index in [0.29, 0.717) is 22.4 Å². The Bertz CT molecular complexity index is 908. The Hall–Kier alpha value is -1.89. The van der Waals surface area contributed by atoms with Gasteiger partial charge in [0.2, 0.25) is 11.1 Å². The molecular formula is C21H29N5OS. The highest BCUT2D eigenvalue weighted by atomic mass is 32.2. The van der Waals surface area contributed by atoms with Gasteiger partial charge in [-0.15, -0.1) is 5.10 Å². The molecule has 2 fully saturated rings. The number of tetrazole rings is 1. The standard InChI is InChI=1S/C21H29N5OS/c1-14-6-7-17(15(2)8-14)26-19(22-23-24-26)28-11-18(27)25-13-21(5)10-16(25)9-20(3,4)12-21/h6-8,16H,9-13H2,1-5H3/t16-,21-/m0/s1. The first-order valence-corrected chi connectivity index (χ1v) is 10.9. The number of carbonyl (C=O) groups is 1. The number of benzene rings is 1. The first-order valence-electron chi connectivity index (χ1n) is 9.94. The van der Waals surface area contributed by atoms with Gasteiger partial charge in [0.15, 0.2) is 0 Å². The molecule has 1 saturated carbocycles. The monoisotopic (exact) mass is 399 g/mol. The fraction of sp³-hybridized carbons (Fsp3) is 0.619. The summed E-state index contributed by atoms with van der Waals surface area (Å²) in [5.41, 5.74) is 3.84. The zero-order valence-corrected chi connectivity index (χ0v) is 18.2. The van der Waals surface area contributed by atoms with Gasteiger partial charge in [0, 0.05) is 12.6 Å². The van der Waals surface area contributed by atoms with E-state index in [9.17, 15) is 4.79 Å². The van der Waals surface area contributed by atoms with Crippen LogP contribution in [0.1, 0.15) is 51.2 Å². The lowest BCUT2D eigenvalue weighted by atomic mass is 9.65. The van der Waals surface area contributed by atoms with E-state index in [1.807, 2.05) is 6.07 Å². The molecule has 1 aliphatic heterocycles. The van der Waals surface area contributed by atoms with Crippen LogP contribution in [0, 0.1) is 24.7 Å². The molecule has 2 atom stereocenters. The minimum Gasteiger partial charge on any atom is -0.338 e. The highest BCUT2D eigenvalue weighted by Crippen LogP contribution is 2.52. The number of rotatable bonds is 4. The van der Waals surface area contributed by atoms with Crippen LogP contribution in [-0.4, -0.2) is 49.4 Å². The number of hydrogen-bond donors (Lipinski definition) is 0. The summed E-state index contributed by atoms with van der Waals surface area (Å²) in [5.74, 6) is 0.574. The van der Waals surface area contributed by atoms with E-state index in [1.54, 1.807) is 4.68 Å². The number of carbonyl (C=O) groups excluding carboxylic acids is 1. The highest BCUT2D eigenvalue weighted by molar-refractivity contribution is 7.99. The molecular weight excluding hydrogens is 370 g/mol. The van der Waals surface area contributed by atoms with Crippen LogP contribution in [0.5, 0.6) is 0 Å². The van der Waals surface area contributed by atoms with Gasteiger partial charge in [-0.3, -0.25) is 4.79 Å². The minimum absolute atomic E-state index is 0.201. The lowest BCUT2D eigenvalue weighted by Gasteiger charge is -2.39. The zero-order chi connectivity index (χ0) is 20.1. The van der Waals surface area contributed by atoms with Crippen LogP contribution in [0.25, 0.3) is 5.69 Å². The summed E-state index contributed by atoms with van der Waals surface area (Å²) in [6, 6.07) is 6.57. The molecule has 6 nitrogen and oxygen atoms in total. The Morgan fingerprint density at radius 1 is 1.25 bits per heavy atom. The first kappa shape index (κ1) is 19.4. The molecule has 150 valence electrons. The van der Waals surface area contributed by atoms with Crippen molar-refractivity contribution < 1.29 is 4.79 Å². The Kier molecular flexibility index (Phi) is 4.76. The molecule has 2 bridgehead atoms. The molecule has 7 heteroatoms. The summed E-state index contributed by atoms with van der Waals surface area (Å²) in [5, 5.41) is 12.8. The van der Waals surface area contributed by atoms with Gasteiger partial charge in [0.05, 0.1) is 11.4 Å². The van der Waals surface area contributed by atoms with Crippen LogP contribution >= 0.6 is 11.8 Å². The number of thioether (sulfide) groups is 1. The van der Waals surface area contributed by atoms with Crippen molar-refractivity contribution in [2.24, 2.45) is 10.8 Å². The number of aryl methyl sites for hydroxylation is 2. The van der Waals surface area contributed by atoms with Crippen LogP contribution in [0.4, 0.5) is 0 Å². The lowest BCUT2D eigenvalue weighted by molar-refractivity contribution is -0.129. The molecule has 4 rings (SSSR count). The fourth-order valence-electron chi connectivity index (χ4n) is 5.42. The lowest BCUT2D eigenvalue weighted by Crippen LogP contribution is -2.38. The van der Waals surface area contributed by atoms with Crippen LogP contribution in [0.3, 0.4) is 0 Å². The molecule has 2 aliphatic rings. The molecule has 0 N–H and O–H groups in total. The van der Waals surface area contributed by atoms with Gasteiger partial charge < -0.3 is 4.90 Å². The molecule has 2 aromatic rings. The van der Waals surface area contributed by atoms with Crippen molar-refractivity contribution in [3.05, 3.63) is 29.3 Å². The van der Waals surface area contributed by atoms with E-state index in [2.05, 4.69) is 67.2 Å². The third-order valence-electron chi connectivity index (χ3n) is 6.08. The predicted octanol–water partition coefficient (Wildman–Crippen LogP) is 3.80. The van der Waals surface area contributed by atoms with E-state index in [4.69, 9.17) is 0 Å². The second-order valence-electron chi connectivity index (χ2n) is 9.69. The largest absolute Gasteiger partial charge is 0.338 e. The first-order chi connectivity index (χ1) is 13.2. The summed E-state index contributed by atoms with van der Waals surface area (Å²) < 4.78 is 1.74. The summed E-state index contributed by atoms with van der Waals surface area (Å²) in [6.45, 7) is 12.0. The van der Waals surface area contributed by atoms with Gasteiger partial charge in [-0.2, -0.15) is 4.68 Å². The van der Waals surface area contributed by atoms with E-state index < -0.39 is 0 Å². The number of hydrogen-bond acceptors (Lipinski definition) is 5. The maximum Gasteiger partial charge on any atom is 0.233 e. The van der Waals surface area contributed by atoms with Crippen molar-refractivity contribution >= 4 is 17.7 Å². The molecule has 28 heavy (non-hydrogen) atoms. The Morgan fingerprint density at radius 3 is 2.79 bits per heavy atom. The zero-order valence-electron chi connectivity index (χ0n) is 17.4. The minimum atomic E-state index is 0.201. The van der Waals surface area contributed by atoms with Gasteiger partial charge in [-0.05, 0) is 66.0 Å². The molecule has 0 unspecified atom stereocenters. The smallest absolute Gasteiger partial charge is 0.233 e. The second-order valence-corrected chi connectivity index (χ2v) is 10.6. The van der Waals surface area contributed by atoms with E-state index >= 15 is 0 Å². The number of aromatic nitrogens is 4. The molecule has 1 aromatic heterocycles. The Labute approximate surface area is 171 Å². The van der Waals surface area contributed by atoms with Gasteiger partial charge in [-0.25, -0.2) is 0 Å². The van der Waals surface area contributed by atoms with Crippen molar-refractivity contribution in [3.63, 3.8) is 0 Å². The van der Waals surface area contributed by atoms with E-state index in [1.165, 1.54) is 23.7 Å². The van der Waals surface area contributed by atoms with Crippen LogP contribution in [-0.2, 0) is 4.79 Å². The van der Waals surface area contributed by atoms with Gasteiger partial charge in [0.25, 0.3) is 0 Å². The summed E-state index contributed by atoms with van der Waals surface area (Å²) in [6.07, 6.45) is 3.42. The SMILES string of the molecule is Cc1ccc(-n2nnnc2SCC(=O)N2C[C@@]3(C)C[C@@H]2CC(C)(C)C3)c(C)c1. The maximum absolute atomic E-state index is 13.0. The number of fused-ring (bicyclic) bond motifs is 2. The van der Waals surface area contributed by atoms with E-state index in [-0.39, 0.29) is 11.3 Å². The molecule has 1 aromatic carbocycles. The van der Waals surface area contributed by atoms with Gasteiger partial charge >= 0.3 is 0 Å². The van der Waals surface area contributed by atoms with Gasteiger partial charge in [0.1, 0.15) is 0 Å². The average molecular weight is 400 g/mol. The molecule has 1 aliphatic carbocycles. The Balaban J connectivity index is 1.46. The topological polar surface area (TPSA) is 63.9 Å². The van der Waals surface area contributed by atoms with Crippen LogP contribution < -0.4 is 0 Å². The van der Waals surface area contributed by atoms with Crippen molar-refractivity contribution in [1.82, 2.24) is 25.1 Å².